The van der Waals surface area contributed by atoms with E-state index in [0.29, 0.717) is 0 Å². The maximum atomic E-state index is 10.8. The van der Waals surface area contributed by atoms with Crippen LogP contribution in [0.15, 0.2) is 47.8 Å². The molecule has 1 aliphatic rings. The van der Waals surface area contributed by atoms with Gasteiger partial charge in [-0.25, -0.2) is 0 Å². The summed E-state index contributed by atoms with van der Waals surface area (Å²) in [7, 11) is 0. The number of nitrogens with zero attached hydrogens (tertiary/aromatic N) is 1. The Bertz CT molecular complexity index is 511. The predicted molar refractivity (Wildman–Crippen MR) is 79.2 cm³/mol. The van der Waals surface area contributed by atoms with E-state index in [1.54, 1.807) is 11.3 Å². The zero-order chi connectivity index (χ0) is 13.1. The number of benzene rings is 1. The average molecular weight is 273 g/mol. The van der Waals surface area contributed by atoms with E-state index in [0.717, 1.165) is 37.4 Å². The first kappa shape index (κ1) is 12.9. The number of hydrogen-bond donors (Lipinski definition) is 1. The number of aliphatic hydroxyl groups is 1. The van der Waals surface area contributed by atoms with Gasteiger partial charge in [-0.15, -0.1) is 11.3 Å². The molecule has 2 aromatic rings. The Morgan fingerprint density at radius 2 is 2.00 bits per heavy atom. The zero-order valence-electron chi connectivity index (χ0n) is 11.0. The maximum absolute atomic E-state index is 10.8. The SMILES string of the molecule is OC1(c2cccs2)CCCN(Cc2ccccc2)C1. The van der Waals surface area contributed by atoms with Crippen LogP contribution in [-0.4, -0.2) is 23.1 Å². The lowest BCUT2D eigenvalue weighted by atomic mass is 9.91. The van der Waals surface area contributed by atoms with Gasteiger partial charge >= 0.3 is 0 Å². The molecule has 1 atom stereocenters. The van der Waals surface area contributed by atoms with E-state index < -0.39 is 5.60 Å². The summed E-state index contributed by atoms with van der Waals surface area (Å²) in [5.74, 6) is 0. The fourth-order valence-corrected chi connectivity index (χ4v) is 3.69. The van der Waals surface area contributed by atoms with E-state index in [2.05, 4.69) is 35.2 Å². The van der Waals surface area contributed by atoms with Gasteiger partial charge in [0, 0.05) is 18.0 Å². The van der Waals surface area contributed by atoms with Gasteiger partial charge in [-0.05, 0) is 36.4 Å². The molecule has 0 aliphatic carbocycles. The number of β-amino-alcohol motifs (C(OH)–C–C–N with tert-alkyl or cyclic N) is 1. The van der Waals surface area contributed by atoms with Gasteiger partial charge in [0.25, 0.3) is 0 Å². The molecule has 2 heterocycles. The second-order valence-corrected chi connectivity index (χ2v) is 6.26. The highest BCUT2D eigenvalue weighted by atomic mass is 32.1. The van der Waals surface area contributed by atoms with Gasteiger partial charge in [-0.2, -0.15) is 0 Å². The number of thiophene rings is 1. The molecular weight excluding hydrogens is 254 g/mol. The first-order chi connectivity index (χ1) is 9.26. The predicted octanol–water partition coefficient (Wildman–Crippen LogP) is 3.23. The molecule has 0 bridgehead atoms. The molecule has 1 aromatic carbocycles. The molecule has 3 heteroatoms. The van der Waals surface area contributed by atoms with Crippen LogP contribution in [-0.2, 0) is 12.1 Å². The van der Waals surface area contributed by atoms with Crippen LogP contribution in [0.3, 0.4) is 0 Å². The van der Waals surface area contributed by atoms with Gasteiger partial charge in [0.2, 0.25) is 0 Å². The van der Waals surface area contributed by atoms with Crippen LogP contribution in [0.2, 0.25) is 0 Å². The Kier molecular flexibility index (Phi) is 3.69. The summed E-state index contributed by atoms with van der Waals surface area (Å²) in [6.45, 7) is 2.74. The molecular formula is C16H19NOS. The first-order valence-corrected chi connectivity index (χ1v) is 7.67. The number of hydrogen-bond acceptors (Lipinski definition) is 3. The molecule has 3 rings (SSSR count). The Labute approximate surface area is 118 Å². The van der Waals surface area contributed by atoms with E-state index in [-0.39, 0.29) is 0 Å². The fourth-order valence-electron chi connectivity index (χ4n) is 2.84. The third-order valence-corrected chi connectivity index (χ3v) is 4.84. The summed E-state index contributed by atoms with van der Waals surface area (Å²) in [6.07, 6.45) is 1.93. The van der Waals surface area contributed by atoms with Gasteiger partial charge in [0.05, 0.1) is 0 Å². The molecule has 100 valence electrons. The summed E-state index contributed by atoms with van der Waals surface area (Å²) >= 11 is 1.66. The second kappa shape index (κ2) is 5.45. The molecule has 1 unspecified atom stereocenters. The number of piperidine rings is 1. The van der Waals surface area contributed by atoms with E-state index in [4.69, 9.17) is 0 Å². The van der Waals surface area contributed by atoms with E-state index in [1.165, 1.54) is 5.56 Å². The van der Waals surface area contributed by atoms with Crippen molar-refractivity contribution >= 4 is 11.3 Å². The van der Waals surface area contributed by atoms with E-state index in [9.17, 15) is 5.11 Å². The molecule has 2 nitrogen and oxygen atoms in total. The lowest BCUT2D eigenvalue weighted by molar-refractivity contribution is -0.0353. The summed E-state index contributed by atoms with van der Waals surface area (Å²) in [4.78, 5) is 3.46. The van der Waals surface area contributed by atoms with Crippen molar-refractivity contribution < 1.29 is 5.11 Å². The Morgan fingerprint density at radius 1 is 1.16 bits per heavy atom. The van der Waals surface area contributed by atoms with Crippen molar-refractivity contribution in [2.24, 2.45) is 0 Å². The van der Waals surface area contributed by atoms with Crippen molar-refractivity contribution in [3.05, 3.63) is 58.3 Å². The molecule has 1 saturated heterocycles. The zero-order valence-corrected chi connectivity index (χ0v) is 11.8. The van der Waals surface area contributed by atoms with Crippen LogP contribution in [0.25, 0.3) is 0 Å². The van der Waals surface area contributed by atoms with Crippen molar-refractivity contribution in [3.63, 3.8) is 0 Å². The molecule has 1 aliphatic heterocycles. The monoisotopic (exact) mass is 273 g/mol. The van der Waals surface area contributed by atoms with Gasteiger partial charge < -0.3 is 5.11 Å². The second-order valence-electron chi connectivity index (χ2n) is 5.31. The van der Waals surface area contributed by atoms with Crippen molar-refractivity contribution in [1.29, 1.82) is 0 Å². The minimum atomic E-state index is -0.652. The number of rotatable bonds is 3. The van der Waals surface area contributed by atoms with Crippen LogP contribution in [0.5, 0.6) is 0 Å². The third kappa shape index (κ3) is 2.89. The highest BCUT2D eigenvalue weighted by Crippen LogP contribution is 2.34. The molecule has 0 radical (unpaired) electrons. The molecule has 1 aromatic heterocycles. The van der Waals surface area contributed by atoms with Gasteiger partial charge in [0.1, 0.15) is 5.60 Å². The lowest BCUT2D eigenvalue weighted by Gasteiger charge is -2.38. The minimum Gasteiger partial charge on any atom is -0.383 e. The summed E-state index contributed by atoms with van der Waals surface area (Å²) in [5.41, 5.74) is 0.666. The molecule has 19 heavy (non-hydrogen) atoms. The van der Waals surface area contributed by atoms with E-state index >= 15 is 0 Å². The maximum Gasteiger partial charge on any atom is 0.111 e. The molecule has 0 saturated carbocycles. The van der Waals surface area contributed by atoms with Crippen molar-refractivity contribution in [2.75, 3.05) is 13.1 Å². The summed E-state index contributed by atoms with van der Waals surface area (Å²) in [6, 6.07) is 14.6. The van der Waals surface area contributed by atoms with Gasteiger partial charge in [0.15, 0.2) is 0 Å². The molecule has 0 spiro atoms. The Morgan fingerprint density at radius 3 is 2.74 bits per heavy atom. The van der Waals surface area contributed by atoms with Crippen LogP contribution in [0.4, 0.5) is 0 Å². The van der Waals surface area contributed by atoms with Crippen molar-refractivity contribution in [3.8, 4) is 0 Å². The Balaban J connectivity index is 1.72. The highest BCUT2D eigenvalue weighted by Gasteiger charge is 2.35. The van der Waals surface area contributed by atoms with Crippen LogP contribution < -0.4 is 0 Å². The third-order valence-electron chi connectivity index (χ3n) is 3.78. The largest absolute Gasteiger partial charge is 0.383 e. The lowest BCUT2D eigenvalue weighted by Crippen LogP contribution is -2.45. The fraction of sp³-hybridized carbons (Fsp3) is 0.375. The molecule has 1 fully saturated rings. The minimum absolute atomic E-state index is 0.652. The highest BCUT2D eigenvalue weighted by molar-refractivity contribution is 7.10. The van der Waals surface area contributed by atoms with Gasteiger partial charge in [-0.1, -0.05) is 36.4 Å². The summed E-state index contributed by atoms with van der Waals surface area (Å²) < 4.78 is 0. The molecule has 0 amide bonds. The smallest absolute Gasteiger partial charge is 0.111 e. The normalized spacial score (nSPS) is 24.5. The number of likely N-dealkylation sites (tertiary alicyclic amines) is 1. The first-order valence-electron chi connectivity index (χ1n) is 6.79. The van der Waals surface area contributed by atoms with Crippen molar-refractivity contribution in [2.45, 2.75) is 25.0 Å². The van der Waals surface area contributed by atoms with Crippen LogP contribution in [0, 0.1) is 0 Å². The molecule has 1 N–H and O–H groups in total. The van der Waals surface area contributed by atoms with Gasteiger partial charge in [-0.3, -0.25) is 4.90 Å². The Hall–Kier alpha value is -1.16. The van der Waals surface area contributed by atoms with Crippen LogP contribution in [0.1, 0.15) is 23.3 Å². The van der Waals surface area contributed by atoms with Crippen LogP contribution >= 0.6 is 11.3 Å². The average Bonchev–Trinajstić information content (AvgIpc) is 2.95. The van der Waals surface area contributed by atoms with E-state index in [1.807, 2.05) is 17.5 Å². The summed E-state index contributed by atoms with van der Waals surface area (Å²) in [5, 5.41) is 12.9. The quantitative estimate of drug-likeness (QED) is 0.928. The topological polar surface area (TPSA) is 23.5 Å². The van der Waals surface area contributed by atoms with Crippen molar-refractivity contribution in [1.82, 2.24) is 4.90 Å². The standard InChI is InChI=1S/C16H19NOS/c18-16(15-8-4-11-19-15)9-5-10-17(13-16)12-14-6-2-1-3-7-14/h1-4,6-8,11,18H,5,9-10,12-13H2.